The van der Waals surface area contributed by atoms with E-state index in [1.807, 2.05) is 0 Å². The first-order valence-electron chi connectivity index (χ1n) is 6.85. The highest BCUT2D eigenvalue weighted by Crippen LogP contribution is 2.33. The van der Waals surface area contributed by atoms with E-state index < -0.39 is 0 Å². The van der Waals surface area contributed by atoms with Crippen molar-refractivity contribution in [3.05, 3.63) is 68.2 Å². The van der Waals surface area contributed by atoms with Crippen molar-refractivity contribution in [2.24, 2.45) is 0 Å². The second-order valence-corrected chi connectivity index (χ2v) is 7.52. The Morgan fingerprint density at radius 2 is 1.60 bits per heavy atom. The Morgan fingerprint density at radius 3 is 2.30 bits per heavy atom. The number of aryl methyl sites for hydroxylation is 4. The Kier molecular flexibility index (Phi) is 5.09. The van der Waals surface area contributed by atoms with E-state index in [9.17, 15) is 0 Å². The molecule has 2 rings (SSSR count). The van der Waals surface area contributed by atoms with Crippen LogP contribution in [0.15, 0.2) is 34.8 Å². The van der Waals surface area contributed by atoms with Gasteiger partial charge in [0.2, 0.25) is 0 Å². The van der Waals surface area contributed by atoms with Crippen LogP contribution in [0.4, 0.5) is 0 Å². The smallest absolute Gasteiger partial charge is 0.0438 e. The van der Waals surface area contributed by atoms with Crippen LogP contribution in [0, 0.1) is 27.7 Å². The van der Waals surface area contributed by atoms with Crippen LogP contribution in [-0.4, -0.2) is 0 Å². The lowest BCUT2D eigenvalue weighted by Gasteiger charge is -2.17. The van der Waals surface area contributed by atoms with Gasteiger partial charge in [0, 0.05) is 9.30 Å². The molecule has 1 atom stereocenters. The number of hydrogen-bond donors (Lipinski definition) is 0. The summed E-state index contributed by atoms with van der Waals surface area (Å²) in [6.07, 6.45) is 1.02. The van der Waals surface area contributed by atoms with Gasteiger partial charge in [0.1, 0.15) is 0 Å². The van der Waals surface area contributed by atoms with Crippen LogP contribution in [0.2, 0.25) is 0 Å². The van der Waals surface area contributed by atoms with E-state index in [1.54, 1.807) is 0 Å². The Labute approximate surface area is 138 Å². The summed E-state index contributed by atoms with van der Waals surface area (Å²) in [7, 11) is 0. The molecule has 0 aliphatic heterocycles. The van der Waals surface area contributed by atoms with Crippen LogP contribution >= 0.6 is 31.9 Å². The third kappa shape index (κ3) is 3.53. The maximum absolute atomic E-state index is 3.88. The molecule has 0 saturated heterocycles. The molecule has 2 aromatic carbocycles. The second-order valence-electron chi connectivity index (χ2n) is 5.56. The summed E-state index contributed by atoms with van der Waals surface area (Å²) in [6, 6.07) is 11.2. The minimum atomic E-state index is 0.356. The van der Waals surface area contributed by atoms with Crippen molar-refractivity contribution in [3.63, 3.8) is 0 Å². The first-order chi connectivity index (χ1) is 9.38. The first kappa shape index (κ1) is 15.8. The number of benzene rings is 2. The zero-order chi connectivity index (χ0) is 14.9. The van der Waals surface area contributed by atoms with Crippen LogP contribution < -0.4 is 0 Å². The monoisotopic (exact) mass is 394 g/mol. The van der Waals surface area contributed by atoms with E-state index in [-0.39, 0.29) is 0 Å². The molecule has 1 unspecified atom stereocenters. The van der Waals surface area contributed by atoms with Gasteiger partial charge < -0.3 is 0 Å². The van der Waals surface area contributed by atoms with Crippen molar-refractivity contribution in [3.8, 4) is 0 Å². The highest BCUT2D eigenvalue weighted by molar-refractivity contribution is 9.10. The fraction of sp³-hybridized carbons (Fsp3) is 0.333. The van der Waals surface area contributed by atoms with Crippen LogP contribution in [-0.2, 0) is 6.42 Å². The molecule has 2 heteroatoms. The molecule has 20 heavy (non-hydrogen) atoms. The topological polar surface area (TPSA) is 0 Å². The van der Waals surface area contributed by atoms with Gasteiger partial charge >= 0.3 is 0 Å². The van der Waals surface area contributed by atoms with Crippen molar-refractivity contribution < 1.29 is 0 Å². The fourth-order valence-corrected chi connectivity index (χ4v) is 3.76. The zero-order valence-corrected chi connectivity index (χ0v) is 15.6. The highest BCUT2D eigenvalue weighted by atomic mass is 79.9. The molecule has 0 N–H and O–H groups in total. The Balaban J connectivity index is 2.30. The van der Waals surface area contributed by atoms with Gasteiger partial charge in [-0.1, -0.05) is 61.7 Å². The predicted molar refractivity (Wildman–Crippen MR) is 94.9 cm³/mol. The van der Waals surface area contributed by atoms with Crippen molar-refractivity contribution in [1.82, 2.24) is 0 Å². The van der Waals surface area contributed by atoms with Crippen LogP contribution in [0.3, 0.4) is 0 Å². The molecule has 106 valence electrons. The van der Waals surface area contributed by atoms with Gasteiger partial charge in [-0.2, -0.15) is 0 Å². The van der Waals surface area contributed by atoms with E-state index in [1.165, 1.54) is 37.9 Å². The summed E-state index contributed by atoms with van der Waals surface area (Å²) in [5.74, 6) is 0. The van der Waals surface area contributed by atoms with E-state index >= 15 is 0 Å². The summed E-state index contributed by atoms with van der Waals surface area (Å²) < 4.78 is 1.19. The van der Waals surface area contributed by atoms with Gasteiger partial charge in [0.05, 0.1) is 0 Å². The molecule has 0 aromatic heterocycles. The number of halogens is 2. The van der Waals surface area contributed by atoms with Gasteiger partial charge in [-0.3, -0.25) is 0 Å². The van der Waals surface area contributed by atoms with E-state index in [0.29, 0.717) is 4.83 Å². The van der Waals surface area contributed by atoms with Crippen LogP contribution in [0.5, 0.6) is 0 Å². The summed E-state index contributed by atoms with van der Waals surface area (Å²) in [6.45, 7) is 8.66. The summed E-state index contributed by atoms with van der Waals surface area (Å²) in [4.78, 5) is 0.356. The Morgan fingerprint density at radius 1 is 0.900 bits per heavy atom. The van der Waals surface area contributed by atoms with Crippen LogP contribution in [0.1, 0.15) is 38.2 Å². The molecule has 0 bridgehead atoms. The highest BCUT2D eigenvalue weighted by Gasteiger charge is 2.14. The molecule has 0 amide bonds. The molecule has 0 spiro atoms. The van der Waals surface area contributed by atoms with E-state index in [4.69, 9.17) is 0 Å². The molecule has 0 radical (unpaired) electrons. The molecule has 2 aromatic rings. The largest absolute Gasteiger partial charge is 0.0835 e. The average molecular weight is 396 g/mol. The minimum Gasteiger partial charge on any atom is -0.0835 e. The lowest BCUT2D eigenvalue weighted by atomic mass is 9.95. The van der Waals surface area contributed by atoms with Crippen molar-refractivity contribution >= 4 is 31.9 Å². The minimum absolute atomic E-state index is 0.356. The summed E-state index contributed by atoms with van der Waals surface area (Å²) >= 11 is 7.48. The molecule has 0 nitrogen and oxygen atoms in total. The maximum Gasteiger partial charge on any atom is 0.0438 e. The molecular weight excluding hydrogens is 376 g/mol. The molecule has 0 aliphatic rings. The van der Waals surface area contributed by atoms with Crippen molar-refractivity contribution in [2.75, 3.05) is 0 Å². The summed E-state index contributed by atoms with van der Waals surface area (Å²) in [5, 5.41) is 0. The van der Waals surface area contributed by atoms with Crippen molar-refractivity contribution in [2.45, 2.75) is 38.9 Å². The van der Waals surface area contributed by atoms with Gasteiger partial charge in [0.15, 0.2) is 0 Å². The average Bonchev–Trinajstić information content (AvgIpc) is 2.38. The van der Waals surface area contributed by atoms with Gasteiger partial charge in [-0.25, -0.2) is 0 Å². The maximum atomic E-state index is 3.88. The SMILES string of the molecule is Cc1ccc(C)c(CC(Br)c2cc(C)c(Br)cc2C)c1. The number of alkyl halides is 1. The third-order valence-electron chi connectivity index (χ3n) is 3.79. The number of rotatable bonds is 3. The lowest BCUT2D eigenvalue weighted by molar-refractivity contribution is 0.924. The van der Waals surface area contributed by atoms with Crippen LogP contribution in [0.25, 0.3) is 0 Å². The number of hydrogen-bond acceptors (Lipinski definition) is 0. The molecule has 0 fully saturated rings. The summed E-state index contributed by atoms with van der Waals surface area (Å²) in [5.41, 5.74) is 8.12. The first-order valence-corrected chi connectivity index (χ1v) is 8.56. The molecule has 0 heterocycles. The van der Waals surface area contributed by atoms with Gasteiger partial charge in [-0.05, 0) is 68.0 Å². The van der Waals surface area contributed by atoms with E-state index in [0.717, 1.165) is 6.42 Å². The van der Waals surface area contributed by atoms with Gasteiger partial charge in [-0.15, -0.1) is 0 Å². The molecular formula is C18H20Br2. The Hall–Kier alpha value is -0.600. The Bertz CT molecular complexity index is 630. The van der Waals surface area contributed by atoms with Crippen molar-refractivity contribution in [1.29, 1.82) is 0 Å². The van der Waals surface area contributed by atoms with E-state index in [2.05, 4.69) is 89.9 Å². The third-order valence-corrected chi connectivity index (χ3v) is 5.46. The lowest BCUT2D eigenvalue weighted by Crippen LogP contribution is -2.01. The van der Waals surface area contributed by atoms with Gasteiger partial charge in [0.25, 0.3) is 0 Å². The molecule has 0 saturated carbocycles. The fourth-order valence-electron chi connectivity index (χ4n) is 2.46. The molecule has 0 aliphatic carbocycles. The standard InChI is InChI=1S/C18H20Br2/c1-11-5-6-12(2)15(7-11)10-18(20)16-8-14(4)17(19)9-13(16)3/h5-9,18H,10H2,1-4H3. The zero-order valence-electron chi connectivity index (χ0n) is 12.4. The second kappa shape index (κ2) is 6.44. The predicted octanol–water partition coefficient (Wildman–Crippen LogP) is 6.36. The quantitative estimate of drug-likeness (QED) is 0.530. The normalized spacial score (nSPS) is 12.5.